The Morgan fingerprint density at radius 2 is 1.77 bits per heavy atom. The molecule has 0 unspecified atom stereocenters. The van der Waals surface area contributed by atoms with E-state index in [-0.39, 0.29) is 17.0 Å². The van der Waals surface area contributed by atoms with Gasteiger partial charge in [-0.25, -0.2) is 9.82 Å². The summed E-state index contributed by atoms with van der Waals surface area (Å²) in [6, 6.07) is 15.7. The van der Waals surface area contributed by atoms with Crippen molar-refractivity contribution in [1.82, 2.24) is 10.7 Å². The number of carbonyl (C=O) groups is 2. The lowest BCUT2D eigenvalue weighted by atomic mass is 10.1. The van der Waals surface area contributed by atoms with Crippen LogP contribution < -0.4 is 15.6 Å². The SMILES string of the molecule is CN(C)c1ccc(/C=C(\NC(=O)c2cccc(F)c2)C(=O)N/N=C/c2cc(Br)cc(Br)c2O)cc1. The number of hydrogen-bond acceptors (Lipinski definition) is 5. The number of benzene rings is 3. The molecule has 0 bridgehead atoms. The molecule has 0 aromatic heterocycles. The van der Waals surface area contributed by atoms with Gasteiger partial charge in [-0.15, -0.1) is 0 Å². The Morgan fingerprint density at radius 1 is 1.06 bits per heavy atom. The second-order valence-electron chi connectivity index (χ2n) is 7.53. The molecule has 3 aromatic rings. The fourth-order valence-corrected chi connectivity index (χ4v) is 4.18. The number of halogens is 3. The van der Waals surface area contributed by atoms with E-state index in [1.54, 1.807) is 24.3 Å². The van der Waals surface area contributed by atoms with Gasteiger partial charge in [0.2, 0.25) is 0 Å². The zero-order valence-corrected chi connectivity index (χ0v) is 21.9. The van der Waals surface area contributed by atoms with Crippen LogP contribution >= 0.6 is 31.9 Å². The van der Waals surface area contributed by atoms with Crippen molar-refractivity contribution in [3.05, 3.63) is 97.8 Å². The molecule has 35 heavy (non-hydrogen) atoms. The number of anilines is 1. The molecule has 10 heteroatoms. The molecular formula is C25H21Br2FN4O3. The molecule has 3 N–H and O–H groups in total. The van der Waals surface area contributed by atoms with Gasteiger partial charge in [-0.3, -0.25) is 9.59 Å². The summed E-state index contributed by atoms with van der Waals surface area (Å²) in [5, 5.41) is 16.6. The number of hydrazone groups is 1. The molecular weight excluding hydrogens is 583 g/mol. The summed E-state index contributed by atoms with van der Waals surface area (Å²) >= 11 is 6.55. The Bertz CT molecular complexity index is 1310. The van der Waals surface area contributed by atoms with Gasteiger partial charge in [-0.05, 0) is 70.0 Å². The highest BCUT2D eigenvalue weighted by molar-refractivity contribution is 9.11. The van der Waals surface area contributed by atoms with Gasteiger partial charge in [0, 0.05) is 35.4 Å². The van der Waals surface area contributed by atoms with E-state index in [1.807, 2.05) is 31.1 Å². The maximum absolute atomic E-state index is 13.6. The van der Waals surface area contributed by atoms with Crippen molar-refractivity contribution in [2.24, 2.45) is 5.10 Å². The molecule has 3 rings (SSSR count). The Balaban J connectivity index is 1.86. The first-order chi connectivity index (χ1) is 16.6. The maximum Gasteiger partial charge on any atom is 0.287 e. The minimum absolute atomic E-state index is 0.0534. The molecule has 0 saturated carbocycles. The van der Waals surface area contributed by atoms with E-state index >= 15 is 0 Å². The second-order valence-corrected chi connectivity index (χ2v) is 9.30. The minimum Gasteiger partial charge on any atom is -0.506 e. The highest BCUT2D eigenvalue weighted by Crippen LogP contribution is 2.30. The van der Waals surface area contributed by atoms with Crippen LogP contribution in [0.2, 0.25) is 0 Å². The molecule has 0 atom stereocenters. The van der Waals surface area contributed by atoms with Gasteiger partial charge in [-0.1, -0.05) is 34.1 Å². The van der Waals surface area contributed by atoms with Crippen LogP contribution in [0.15, 0.2) is 80.4 Å². The predicted octanol–water partition coefficient (Wildman–Crippen LogP) is 5.04. The van der Waals surface area contributed by atoms with Gasteiger partial charge in [0.15, 0.2) is 0 Å². The molecule has 2 amide bonds. The number of nitrogens with zero attached hydrogens (tertiary/aromatic N) is 2. The van der Waals surface area contributed by atoms with Crippen LogP contribution in [0.25, 0.3) is 6.08 Å². The van der Waals surface area contributed by atoms with Crippen LogP contribution in [0.3, 0.4) is 0 Å². The maximum atomic E-state index is 13.6. The topological polar surface area (TPSA) is 94.0 Å². The summed E-state index contributed by atoms with van der Waals surface area (Å²) in [4.78, 5) is 27.5. The van der Waals surface area contributed by atoms with Crippen LogP contribution in [0, 0.1) is 5.82 Å². The average Bonchev–Trinajstić information content (AvgIpc) is 2.81. The van der Waals surface area contributed by atoms with Crippen molar-refractivity contribution in [3.8, 4) is 5.75 Å². The number of amides is 2. The molecule has 0 aliphatic rings. The Labute approximate surface area is 218 Å². The van der Waals surface area contributed by atoms with E-state index in [1.165, 1.54) is 30.5 Å². The fraction of sp³-hybridized carbons (Fsp3) is 0.0800. The third kappa shape index (κ3) is 7.24. The zero-order chi connectivity index (χ0) is 25.5. The number of rotatable bonds is 7. The lowest BCUT2D eigenvalue weighted by molar-refractivity contribution is -0.117. The number of nitrogens with one attached hydrogen (secondary N) is 2. The Morgan fingerprint density at radius 3 is 2.43 bits per heavy atom. The van der Waals surface area contributed by atoms with Crippen molar-refractivity contribution in [1.29, 1.82) is 0 Å². The number of phenols is 1. The van der Waals surface area contributed by atoms with Crippen LogP contribution in [0.4, 0.5) is 10.1 Å². The van der Waals surface area contributed by atoms with Crippen molar-refractivity contribution in [3.63, 3.8) is 0 Å². The third-order valence-corrected chi connectivity index (χ3v) is 5.79. The Kier molecular flexibility index (Phi) is 8.78. The monoisotopic (exact) mass is 602 g/mol. The van der Waals surface area contributed by atoms with Crippen molar-refractivity contribution < 1.29 is 19.1 Å². The highest BCUT2D eigenvalue weighted by Gasteiger charge is 2.15. The van der Waals surface area contributed by atoms with Gasteiger partial charge < -0.3 is 15.3 Å². The number of aromatic hydroxyl groups is 1. The van der Waals surface area contributed by atoms with Crippen LogP contribution in [0.1, 0.15) is 21.5 Å². The quantitative estimate of drug-likeness (QED) is 0.200. The van der Waals surface area contributed by atoms with E-state index < -0.39 is 17.6 Å². The lowest BCUT2D eigenvalue weighted by Crippen LogP contribution is -2.32. The minimum atomic E-state index is -0.712. The van der Waals surface area contributed by atoms with Crippen molar-refractivity contribution in [2.75, 3.05) is 19.0 Å². The average molecular weight is 604 g/mol. The molecule has 0 saturated heterocycles. The summed E-state index contributed by atoms with van der Waals surface area (Å²) in [6.45, 7) is 0. The molecule has 180 valence electrons. The van der Waals surface area contributed by atoms with E-state index in [0.717, 1.165) is 11.8 Å². The molecule has 0 radical (unpaired) electrons. The molecule has 0 heterocycles. The van der Waals surface area contributed by atoms with Crippen molar-refractivity contribution in [2.45, 2.75) is 0 Å². The zero-order valence-electron chi connectivity index (χ0n) is 18.7. The van der Waals surface area contributed by atoms with Gasteiger partial charge in [-0.2, -0.15) is 5.10 Å². The summed E-state index contributed by atoms with van der Waals surface area (Å²) in [7, 11) is 3.81. The molecule has 3 aromatic carbocycles. The smallest absolute Gasteiger partial charge is 0.287 e. The number of carbonyl (C=O) groups excluding carboxylic acids is 2. The number of phenolic OH excluding ortho intramolecular Hbond substituents is 1. The van der Waals surface area contributed by atoms with E-state index in [2.05, 4.69) is 47.7 Å². The lowest BCUT2D eigenvalue weighted by Gasteiger charge is -2.13. The van der Waals surface area contributed by atoms with Crippen molar-refractivity contribution >= 4 is 61.7 Å². The summed E-state index contributed by atoms with van der Waals surface area (Å²) in [5.74, 6) is -2.00. The van der Waals surface area contributed by atoms with Gasteiger partial charge >= 0.3 is 0 Å². The third-order valence-electron chi connectivity index (χ3n) is 4.73. The standard InChI is InChI=1S/C25H21Br2FN4O3/c1-32(2)20-8-6-15(7-9-20)10-22(30-24(34)16-4-3-5-19(28)12-16)25(35)31-29-14-17-11-18(26)13-21(27)23(17)33/h3-14,33H,1-2H3,(H,30,34)(H,31,35)/b22-10-,29-14+. The van der Waals surface area contributed by atoms with Crippen LogP contribution in [-0.2, 0) is 4.79 Å². The molecule has 0 spiro atoms. The summed E-state index contributed by atoms with van der Waals surface area (Å²) < 4.78 is 14.7. The first-order valence-electron chi connectivity index (χ1n) is 10.2. The van der Waals surface area contributed by atoms with Crippen LogP contribution in [0.5, 0.6) is 5.75 Å². The van der Waals surface area contributed by atoms with E-state index in [0.29, 0.717) is 20.1 Å². The molecule has 0 fully saturated rings. The van der Waals surface area contributed by atoms with Crippen LogP contribution in [-0.4, -0.2) is 37.2 Å². The first-order valence-corrected chi connectivity index (χ1v) is 11.8. The molecule has 0 aliphatic carbocycles. The molecule has 7 nitrogen and oxygen atoms in total. The first kappa shape index (κ1) is 26.1. The molecule has 0 aliphatic heterocycles. The summed E-state index contributed by atoms with van der Waals surface area (Å²) in [5.41, 5.74) is 4.25. The Hall–Kier alpha value is -3.50. The normalized spacial score (nSPS) is 11.4. The summed E-state index contributed by atoms with van der Waals surface area (Å²) in [6.07, 6.45) is 2.75. The fourth-order valence-electron chi connectivity index (χ4n) is 2.92. The van der Waals surface area contributed by atoms with Gasteiger partial charge in [0.05, 0.1) is 10.7 Å². The van der Waals surface area contributed by atoms with Gasteiger partial charge in [0.1, 0.15) is 17.3 Å². The van der Waals surface area contributed by atoms with E-state index in [4.69, 9.17) is 0 Å². The van der Waals surface area contributed by atoms with E-state index in [9.17, 15) is 19.1 Å². The number of hydrogen-bond donors (Lipinski definition) is 3. The largest absolute Gasteiger partial charge is 0.506 e. The predicted molar refractivity (Wildman–Crippen MR) is 142 cm³/mol. The second kappa shape index (κ2) is 11.8. The van der Waals surface area contributed by atoms with Gasteiger partial charge in [0.25, 0.3) is 11.8 Å². The highest BCUT2D eigenvalue weighted by atomic mass is 79.9.